The van der Waals surface area contributed by atoms with Crippen molar-refractivity contribution < 1.29 is 14.3 Å². The Kier molecular flexibility index (Phi) is 7.44. The summed E-state index contributed by atoms with van der Waals surface area (Å²) < 4.78 is 14.2. The predicted molar refractivity (Wildman–Crippen MR) is 164 cm³/mol. The summed E-state index contributed by atoms with van der Waals surface area (Å²) in [7, 11) is 1.61. The Balaban J connectivity index is 1.21. The third-order valence-electron chi connectivity index (χ3n) is 8.34. The molecule has 0 atom stereocenters. The number of rotatable bonds is 9. The summed E-state index contributed by atoms with van der Waals surface area (Å²) in [4.78, 5) is 39.2. The van der Waals surface area contributed by atoms with Crippen LogP contribution < -0.4 is 16.2 Å². The van der Waals surface area contributed by atoms with Crippen LogP contribution >= 0.6 is 0 Å². The van der Waals surface area contributed by atoms with Crippen molar-refractivity contribution in [3.63, 3.8) is 0 Å². The van der Waals surface area contributed by atoms with Crippen LogP contribution in [0.2, 0.25) is 0 Å². The highest BCUT2D eigenvalue weighted by Gasteiger charge is 2.52. The van der Waals surface area contributed by atoms with Crippen molar-refractivity contribution in [1.29, 1.82) is 5.26 Å². The van der Waals surface area contributed by atoms with Gasteiger partial charge in [-0.3, -0.25) is 18.8 Å². The van der Waals surface area contributed by atoms with Gasteiger partial charge in [0, 0.05) is 44.2 Å². The summed E-state index contributed by atoms with van der Waals surface area (Å²) in [6, 6.07) is 18.5. The fraction of sp³-hybridized carbons (Fsp3) is 0.344. The first-order chi connectivity index (χ1) is 21.1. The Bertz CT molecular complexity index is 1820. The van der Waals surface area contributed by atoms with Gasteiger partial charge in [0.25, 0.3) is 5.91 Å². The zero-order valence-corrected chi connectivity index (χ0v) is 24.9. The minimum Gasteiger partial charge on any atom is -0.457 e. The number of nitrogen functional groups attached to an aromatic ring is 1. The number of nitrogens with two attached hydrogens (primary N) is 1. The van der Waals surface area contributed by atoms with Crippen LogP contribution in [0.4, 0.5) is 5.82 Å². The van der Waals surface area contributed by atoms with Crippen LogP contribution in [0.15, 0.2) is 77.4 Å². The molecular weight excluding hydrogens is 560 g/mol. The molecule has 1 spiro atoms. The van der Waals surface area contributed by atoms with E-state index in [4.69, 9.17) is 15.2 Å². The summed E-state index contributed by atoms with van der Waals surface area (Å²) in [6.45, 7) is 7.57. The van der Waals surface area contributed by atoms with E-state index in [1.807, 2.05) is 44.2 Å². The normalized spacial score (nSPS) is 16.3. The average Bonchev–Trinajstić information content (AvgIpc) is 3.25. The Morgan fingerprint density at radius 2 is 1.82 bits per heavy atom. The number of carbonyl (C=O) groups is 1. The van der Waals surface area contributed by atoms with Crippen molar-refractivity contribution in [2.45, 2.75) is 25.9 Å². The molecule has 2 aromatic heterocycles. The van der Waals surface area contributed by atoms with Gasteiger partial charge in [-0.05, 0) is 56.3 Å². The molecule has 0 radical (unpaired) electrons. The lowest BCUT2D eigenvalue weighted by Crippen LogP contribution is -2.70. The van der Waals surface area contributed by atoms with E-state index in [-0.39, 0.29) is 35.6 Å². The van der Waals surface area contributed by atoms with E-state index in [2.05, 4.69) is 20.9 Å². The maximum Gasteiger partial charge on any atom is 0.335 e. The number of likely N-dealkylation sites (N-methyl/N-ethyl adjacent to an activating group) is 1. The fourth-order valence-electron chi connectivity index (χ4n) is 5.72. The number of likely N-dealkylation sites (tertiary alicyclic amines) is 1. The van der Waals surface area contributed by atoms with Crippen LogP contribution in [0.25, 0.3) is 16.9 Å². The molecule has 2 fully saturated rings. The largest absolute Gasteiger partial charge is 0.457 e. The van der Waals surface area contributed by atoms with Gasteiger partial charge in [0.1, 0.15) is 35.0 Å². The Hall–Kier alpha value is -4.99. The lowest BCUT2D eigenvalue weighted by atomic mass is 9.75. The van der Waals surface area contributed by atoms with Gasteiger partial charge in [-0.15, -0.1) is 0 Å². The molecule has 0 unspecified atom stereocenters. The number of benzene rings is 2. The van der Waals surface area contributed by atoms with Crippen molar-refractivity contribution >= 4 is 22.9 Å². The van der Waals surface area contributed by atoms with Gasteiger partial charge in [0.15, 0.2) is 11.5 Å². The van der Waals surface area contributed by atoms with Crippen molar-refractivity contribution in [2.75, 3.05) is 45.6 Å². The number of hydrogen-bond donors (Lipinski definition) is 1. The van der Waals surface area contributed by atoms with E-state index < -0.39 is 11.4 Å². The SMILES string of the molecule is CN(CCn1c(=O)n(-c2ccc(Oc3ccccc3)cc2)c2c(N)ncnc21)C(=O)C(C#N)=CC(C)(C)N1CC2(COC2)C1. The van der Waals surface area contributed by atoms with Gasteiger partial charge >= 0.3 is 5.69 Å². The number of aromatic nitrogens is 4. The van der Waals surface area contributed by atoms with Crippen molar-refractivity contribution in [3.8, 4) is 23.3 Å². The average molecular weight is 595 g/mol. The number of anilines is 1. The predicted octanol–water partition coefficient (Wildman–Crippen LogP) is 2.98. The molecule has 4 heterocycles. The lowest BCUT2D eigenvalue weighted by Gasteiger charge is -2.59. The van der Waals surface area contributed by atoms with E-state index in [9.17, 15) is 14.9 Å². The summed E-state index contributed by atoms with van der Waals surface area (Å²) in [5.74, 6) is 1.04. The molecule has 0 saturated carbocycles. The van der Waals surface area contributed by atoms with Gasteiger partial charge in [0.2, 0.25) is 0 Å². The third-order valence-corrected chi connectivity index (χ3v) is 8.34. The molecule has 12 nitrogen and oxygen atoms in total. The number of ether oxygens (including phenoxy) is 2. The number of nitrogens with zero attached hydrogens (tertiary/aromatic N) is 7. The van der Waals surface area contributed by atoms with E-state index in [0.717, 1.165) is 26.3 Å². The molecule has 226 valence electrons. The minimum atomic E-state index is -0.469. The summed E-state index contributed by atoms with van der Waals surface area (Å²) in [5, 5.41) is 9.87. The molecule has 0 bridgehead atoms. The number of amides is 1. The van der Waals surface area contributed by atoms with Crippen LogP contribution in [-0.4, -0.2) is 80.2 Å². The molecular formula is C32H34N8O4. The van der Waals surface area contributed by atoms with Crippen LogP contribution in [0, 0.1) is 16.7 Å². The maximum atomic E-state index is 13.8. The Labute approximate surface area is 254 Å². The second-order valence-corrected chi connectivity index (χ2v) is 12.0. The highest BCUT2D eigenvalue weighted by atomic mass is 16.5. The summed E-state index contributed by atoms with van der Waals surface area (Å²) in [6.07, 6.45) is 3.03. The van der Waals surface area contributed by atoms with Gasteiger partial charge in [-0.2, -0.15) is 5.26 Å². The van der Waals surface area contributed by atoms with Gasteiger partial charge in [-0.1, -0.05) is 18.2 Å². The van der Waals surface area contributed by atoms with Gasteiger partial charge < -0.3 is 20.1 Å². The third kappa shape index (κ3) is 5.32. The minimum absolute atomic E-state index is 0.0578. The van der Waals surface area contributed by atoms with Gasteiger partial charge in [0.05, 0.1) is 18.9 Å². The summed E-state index contributed by atoms with van der Waals surface area (Å²) >= 11 is 0. The number of para-hydroxylation sites is 1. The standard InChI is InChI=1S/C32H34N8O4/c1-31(2,38-17-32(18-38)19-43-20-32)15-22(16-33)29(41)37(3)13-14-39-28-26(27(34)35-21-36-28)40(30(39)42)23-9-11-25(12-10-23)44-24-7-5-4-6-8-24/h4-12,15,21H,13-14,17-20H2,1-3H3,(H2,34,35,36). The van der Waals surface area contributed by atoms with E-state index in [1.165, 1.54) is 20.4 Å². The van der Waals surface area contributed by atoms with Crippen molar-refractivity contribution in [1.82, 2.24) is 28.9 Å². The first-order valence-corrected chi connectivity index (χ1v) is 14.4. The molecule has 2 aliphatic rings. The number of nitriles is 1. The number of fused-ring (bicyclic) bond motifs is 1. The number of carbonyl (C=O) groups excluding carboxylic acids is 1. The molecule has 2 saturated heterocycles. The molecule has 44 heavy (non-hydrogen) atoms. The highest BCUT2D eigenvalue weighted by molar-refractivity contribution is 5.97. The first kappa shape index (κ1) is 29.1. The highest BCUT2D eigenvalue weighted by Crippen LogP contribution is 2.41. The summed E-state index contributed by atoms with van der Waals surface area (Å²) in [5.41, 5.74) is 6.93. The van der Waals surface area contributed by atoms with Crippen LogP contribution in [0.3, 0.4) is 0 Å². The molecule has 4 aromatic rings. The lowest BCUT2D eigenvalue weighted by molar-refractivity contribution is -0.204. The van der Waals surface area contributed by atoms with Crippen LogP contribution in [-0.2, 0) is 16.1 Å². The van der Waals surface area contributed by atoms with E-state index in [0.29, 0.717) is 28.4 Å². The van der Waals surface area contributed by atoms with Crippen LogP contribution in [0.1, 0.15) is 13.8 Å². The molecule has 2 aliphatic heterocycles. The first-order valence-electron chi connectivity index (χ1n) is 14.4. The fourth-order valence-corrected chi connectivity index (χ4v) is 5.72. The van der Waals surface area contributed by atoms with E-state index in [1.54, 1.807) is 37.4 Å². The van der Waals surface area contributed by atoms with Crippen molar-refractivity contribution in [3.05, 3.63) is 83.1 Å². The Morgan fingerprint density at radius 3 is 2.45 bits per heavy atom. The van der Waals surface area contributed by atoms with Gasteiger partial charge in [-0.25, -0.2) is 14.8 Å². The molecule has 6 rings (SSSR count). The van der Waals surface area contributed by atoms with E-state index >= 15 is 0 Å². The van der Waals surface area contributed by atoms with Crippen molar-refractivity contribution in [2.24, 2.45) is 5.41 Å². The molecule has 2 aromatic carbocycles. The second-order valence-electron chi connectivity index (χ2n) is 12.0. The number of hydrogen-bond acceptors (Lipinski definition) is 9. The Morgan fingerprint density at radius 1 is 1.14 bits per heavy atom. The molecule has 1 amide bonds. The molecule has 2 N–H and O–H groups in total. The monoisotopic (exact) mass is 594 g/mol. The molecule has 0 aliphatic carbocycles. The topological polar surface area (TPSA) is 145 Å². The molecule has 12 heteroatoms. The zero-order chi connectivity index (χ0) is 31.1. The number of imidazole rings is 1. The zero-order valence-electron chi connectivity index (χ0n) is 24.9. The second kappa shape index (κ2) is 11.3. The van der Waals surface area contributed by atoms with Crippen LogP contribution in [0.5, 0.6) is 11.5 Å². The quantitative estimate of drug-likeness (QED) is 0.228. The smallest absolute Gasteiger partial charge is 0.335 e. The maximum absolute atomic E-state index is 13.8.